The van der Waals surface area contributed by atoms with Crippen molar-refractivity contribution < 1.29 is 10.2 Å². The summed E-state index contributed by atoms with van der Waals surface area (Å²) in [5, 5.41) is 22.1. The van der Waals surface area contributed by atoms with Crippen molar-refractivity contribution in [2.24, 2.45) is 0 Å². The summed E-state index contributed by atoms with van der Waals surface area (Å²) in [6.07, 6.45) is 0. The van der Waals surface area contributed by atoms with E-state index in [9.17, 15) is 10.2 Å². The van der Waals surface area contributed by atoms with Gasteiger partial charge in [-0.25, -0.2) is 0 Å². The van der Waals surface area contributed by atoms with Crippen LogP contribution in [-0.2, 0) is 6.54 Å². The van der Waals surface area contributed by atoms with Crippen LogP contribution in [0.3, 0.4) is 0 Å². The summed E-state index contributed by atoms with van der Waals surface area (Å²) in [5.74, 6) is -0.168. The highest BCUT2D eigenvalue weighted by molar-refractivity contribution is 5.40. The van der Waals surface area contributed by atoms with Gasteiger partial charge in [0.25, 0.3) is 0 Å². The summed E-state index contributed by atoms with van der Waals surface area (Å²) in [7, 11) is 0. The molecule has 3 heteroatoms. The Kier molecular flexibility index (Phi) is 4.07. The summed E-state index contributed by atoms with van der Waals surface area (Å²) >= 11 is 0. The SMILES string of the molecule is Cc1ccccc1[C@@H](C)NCc1ccc(O)c(O)c1. The fourth-order valence-corrected chi connectivity index (χ4v) is 2.13. The Morgan fingerprint density at radius 3 is 2.47 bits per heavy atom. The Morgan fingerprint density at radius 1 is 1.05 bits per heavy atom. The summed E-state index contributed by atoms with van der Waals surface area (Å²) in [4.78, 5) is 0. The van der Waals surface area contributed by atoms with Gasteiger partial charge in [-0.05, 0) is 42.7 Å². The van der Waals surface area contributed by atoms with Gasteiger partial charge in [0.05, 0.1) is 0 Å². The van der Waals surface area contributed by atoms with Crippen LogP contribution in [0.2, 0.25) is 0 Å². The van der Waals surface area contributed by atoms with E-state index in [-0.39, 0.29) is 17.5 Å². The topological polar surface area (TPSA) is 52.5 Å². The second-order valence-electron chi connectivity index (χ2n) is 4.78. The standard InChI is InChI=1S/C16H19NO2/c1-11-5-3-4-6-14(11)12(2)17-10-13-7-8-15(18)16(19)9-13/h3-9,12,17-19H,10H2,1-2H3/t12-/m1/s1. The molecule has 100 valence electrons. The van der Waals surface area contributed by atoms with Crippen molar-refractivity contribution in [2.75, 3.05) is 0 Å². The van der Waals surface area contributed by atoms with Crippen molar-refractivity contribution in [3.8, 4) is 11.5 Å². The van der Waals surface area contributed by atoms with Gasteiger partial charge >= 0.3 is 0 Å². The molecular weight excluding hydrogens is 238 g/mol. The number of phenolic OH excluding ortho intramolecular Hbond substituents is 2. The Bertz CT molecular complexity index is 566. The second kappa shape index (κ2) is 5.76. The molecule has 0 radical (unpaired) electrons. The first-order chi connectivity index (χ1) is 9.08. The third kappa shape index (κ3) is 3.26. The van der Waals surface area contributed by atoms with Gasteiger partial charge in [-0.3, -0.25) is 0 Å². The first-order valence-corrected chi connectivity index (χ1v) is 6.37. The number of nitrogens with one attached hydrogen (secondary N) is 1. The molecule has 0 amide bonds. The van der Waals surface area contributed by atoms with E-state index >= 15 is 0 Å². The van der Waals surface area contributed by atoms with Gasteiger partial charge in [0, 0.05) is 12.6 Å². The number of aromatic hydroxyl groups is 2. The van der Waals surface area contributed by atoms with Crippen molar-refractivity contribution in [2.45, 2.75) is 26.4 Å². The molecule has 2 aromatic rings. The number of hydrogen-bond acceptors (Lipinski definition) is 3. The van der Waals surface area contributed by atoms with E-state index in [0.717, 1.165) is 5.56 Å². The van der Waals surface area contributed by atoms with E-state index < -0.39 is 0 Å². The molecule has 0 aliphatic carbocycles. The number of rotatable bonds is 4. The van der Waals surface area contributed by atoms with Gasteiger partial charge in [-0.1, -0.05) is 30.3 Å². The highest BCUT2D eigenvalue weighted by atomic mass is 16.3. The molecule has 2 rings (SSSR count). The molecule has 19 heavy (non-hydrogen) atoms. The smallest absolute Gasteiger partial charge is 0.157 e. The maximum Gasteiger partial charge on any atom is 0.157 e. The van der Waals surface area contributed by atoms with Gasteiger partial charge in [0.15, 0.2) is 11.5 Å². The molecule has 1 atom stereocenters. The van der Waals surface area contributed by atoms with E-state index in [0.29, 0.717) is 6.54 Å². The van der Waals surface area contributed by atoms with E-state index in [2.05, 4.69) is 31.3 Å². The first-order valence-electron chi connectivity index (χ1n) is 6.37. The zero-order valence-corrected chi connectivity index (χ0v) is 11.2. The molecule has 0 aromatic heterocycles. The Labute approximate surface area is 113 Å². The lowest BCUT2D eigenvalue weighted by atomic mass is 10.0. The molecule has 0 aliphatic heterocycles. The van der Waals surface area contributed by atoms with Crippen molar-refractivity contribution in [1.82, 2.24) is 5.32 Å². The van der Waals surface area contributed by atoms with Crippen LogP contribution >= 0.6 is 0 Å². The van der Waals surface area contributed by atoms with Crippen molar-refractivity contribution in [3.63, 3.8) is 0 Å². The van der Waals surface area contributed by atoms with Gasteiger partial charge in [-0.2, -0.15) is 0 Å². The van der Waals surface area contributed by atoms with E-state index in [1.807, 2.05) is 12.1 Å². The zero-order chi connectivity index (χ0) is 13.8. The number of phenols is 2. The predicted octanol–water partition coefficient (Wildman–Crippen LogP) is 3.26. The van der Waals surface area contributed by atoms with Crippen molar-refractivity contribution in [1.29, 1.82) is 0 Å². The highest BCUT2D eigenvalue weighted by Gasteiger charge is 2.07. The Balaban J connectivity index is 2.02. The summed E-state index contributed by atoms with van der Waals surface area (Å²) in [6, 6.07) is 13.4. The molecule has 0 aliphatic rings. The van der Waals surface area contributed by atoms with Crippen molar-refractivity contribution in [3.05, 3.63) is 59.2 Å². The van der Waals surface area contributed by atoms with Crippen LogP contribution in [0.5, 0.6) is 11.5 Å². The van der Waals surface area contributed by atoms with Gasteiger partial charge in [-0.15, -0.1) is 0 Å². The molecule has 0 heterocycles. The molecular formula is C16H19NO2. The average molecular weight is 257 g/mol. The van der Waals surface area contributed by atoms with Crippen LogP contribution in [0.1, 0.15) is 29.7 Å². The molecule has 0 unspecified atom stereocenters. The van der Waals surface area contributed by atoms with Crippen LogP contribution in [0.15, 0.2) is 42.5 Å². The number of benzene rings is 2. The van der Waals surface area contributed by atoms with E-state index in [1.54, 1.807) is 12.1 Å². The van der Waals surface area contributed by atoms with Gasteiger partial charge < -0.3 is 15.5 Å². The largest absolute Gasteiger partial charge is 0.504 e. The molecule has 0 saturated carbocycles. The lowest BCUT2D eigenvalue weighted by Crippen LogP contribution is -2.18. The lowest BCUT2D eigenvalue weighted by molar-refractivity contribution is 0.402. The summed E-state index contributed by atoms with van der Waals surface area (Å²) in [6.45, 7) is 4.85. The quantitative estimate of drug-likeness (QED) is 0.737. The molecule has 3 nitrogen and oxygen atoms in total. The van der Waals surface area contributed by atoms with Crippen molar-refractivity contribution >= 4 is 0 Å². The van der Waals surface area contributed by atoms with Gasteiger partial charge in [0.1, 0.15) is 0 Å². The minimum atomic E-state index is -0.0873. The molecule has 2 aromatic carbocycles. The van der Waals surface area contributed by atoms with Crippen LogP contribution in [0.4, 0.5) is 0 Å². The summed E-state index contributed by atoms with van der Waals surface area (Å²) < 4.78 is 0. The minimum absolute atomic E-state index is 0.0807. The number of aryl methyl sites for hydroxylation is 1. The van der Waals surface area contributed by atoms with E-state index in [4.69, 9.17) is 0 Å². The fourth-order valence-electron chi connectivity index (χ4n) is 2.13. The summed E-state index contributed by atoms with van der Waals surface area (Å²) in [5.41, 5.74) is 3.47. The predicted molar refractivity (Wildman–Crippen MR) is 76.2 cm³/mol. The lowest BCUT2D eigenvalue weighted by Gasteiger charge is -2.16. The van der Waals surface area contributed by atoms with Crippen LogP contribution in [0.25, 0.3) is 0 Å². The molecule has 0 spiro atoms. The Morgan fingerprint density at radius 2 is 1.79 bits per heavy atom. The maximum atomic E-state index is 9.45. The molecule has 0 saturated heterocycles. The molecule has 0 bridgehead atoms. The molecule has 0 fully saturated rings. The second-order valence-corrected chi connectivity index (χ2v) is 4.78. The third-order valence-electron chi connectivity index (χ3n) is 3.31. The fraction of sp³-hybridized carbons (Fsp3) is 0.250. The third-order valence-corrected chi connectivity index (χ3v) is 3.31. The van der Waals surface area contributed by atoms with Crippen LogP contribution < -0.4 is 5.32 Å². The van der Waals surface area contributed by atoms with Crippen LogP contribution in [-0.4, -0.2) is 10.2 Å². The number of hydrogen-bond donors (Lipinski definition) is 3. The highest BCUT2D eigenvalue weighted by Crippen LogP contribution is 2.25. The normalized spacial score (nSPS) is 12.3. The Hall–Kier alpha value is -2.00. The molecule has 3 N–H and O–H groups in total. The average Bonchev–Trinajstić information content (AvgIpc) is 2.40. The maximum absolute atomic E-state index is 9.45. The monoisotopic (exact) mass is 257 g/mol. The van der Waals surface area contributed by atoms with Gasteiger partial charge in [0.2, 0.25) is 0 Å². The first kappa shape index (κ1) is 13.4. The zero-order valence-electron chi connectivity index (χ0n) is 11.2. The minimum Gasteiger partial charge on any atom is -0.504 e. The van der Waals surface area contributed by atoms with Crippen LogP contribution in [0, 0.1) is 6.92 Å². The van der Waals surface area contributed by atoms with E-state index in [1.165, 1.54) is 17.2 Å².